The van der Waals surface area contributed by atoms with E-state index in [9.17, 15) is 18.0 Å². The van der Waals surface area contributed by atoms with E-state index in [1.165, 1.54) is 13.2 Å². The molecule has 0 aliphatic rings. The van der Waals surface area contributed by atoms with E-state index in [2.05, 4.69) is 20.7 Å². The van der Waals surface area contributed by atoms with E-state index in [1.807, 2.05) is 0 Å². The molecule has 1 atom stereocenters. The summed E-state index contributed by atoms with van der Waals surface area (Å²) in [5, 5.41) is -0.0237. The van der Waals surface area contributed by atoms with Crippen LogP contribution in [0.25, 0.3) is 0 Å². The SMILES string of the molecule is COC(=O)C(Br)Cc1cc(Cl)cc(C(F)(F)F)c1. The summed E-state index contributed by atoms with van der Waals surface area (Å²) in [6, 6.07) is 3.18. The number of methoxy groups -OCH3 is 1. The molecular formula is C11H9BrClF3O2. The number of esters is 1. The van der Waals surface area contributed by atoms with Crippen LogP contribution in [0.2, 0.25) is 5.02 Å². The number of hydrogen-bond donors (Lipinski definition) is 0. The Morgan fingerprint density at radius 2 is 2.06 bits per heavy atom. The van der Waals surface area contributed by atoms with Gasteiger partial charge >= 0.3 is 12.1 Å². The third-order valence-corrected chi connectivity index (χ3v) is 3.07. The number of alkyl halides is 4. The van der Waals surface area contributed by atoms with Gasteiger partial charge < -0.3 is 4.74 Å². The highest BCUT2D eigenvalue weighted by molar-refractivity contribution is 9.10. The first kappa shape index (κ1) is 15.3. The molecule has 2 nitrogen and oxygen atoms in total. The van der Waals surface area contributed by atoms with Crippen molar-refractivity contribution in [2.45, 2.75) is 17.4 Å². The largest absolute Gasteiger partial charge is 0.468 e. The van der Waals surface area contributed by atoms with Crippen LogP contribution in [-0.2, 0) is 22.1 Å². The molecule has 0 fully saturated rings. The van der Waals surface area contributed by atoms with E-state index in [0.29, 0.717) is 5.56 Å². The molecule has 1 rings (SSSR count). The van der Waals surface area contributed by atoms with Gasteiger partial charge in [-0.15, -0.1) is 0 Å². The topological polar surface area (TPSA) is 26.3 Å². The van der Waals surface area contributed by atoms with Crippen molar-refractivity contribution in [2.24, 2.45) is 0 Å². The summed E-state index contributed by atoms with van der Waals surface area (Å²) in [7, 11) is 1.20. The molecule has 0 spiro atoms. The van der Waals surface area contributed by atoms with Crippen LogP contribution in [-0.4, -0.2) is 17.9 Å². The van der Waals surface area contributed by atoms with Crippen LogP contribution in [0.4, 0.5) is 13.2 Å². The fourth-order valence-corrected chi connectivity index (χ4v) is 2.17. The molecule has 1 aromatic carbocycles. The van der Waals surface area contributed by atoms with Crippen molar-refractivity contribution in [3.8, 4) is 0 Å². The Kier molecular flexibility index (Phi) is 5.04. The predicted octanol–water partition coefficient (Wildman–Crippen LogP) is 3.84. The summed E-state index contributed by atoms with van der Waals surface area (Å²) in [4.78, 5) is 10.5. The lowest BCUT2D eigenvalue weighted by Crippen LogP contribution is -2.18. The number of hydrogen-bond acceptors (Lipinski definition) is 2. The minimum absolute atomic E-state index is 0.0237. The molecule has 0 aliphatic carbocycles. The third kappa shape index (κ3) is 4.17. The van der Waals surface area contributed by atoms with E-state index >= 15 is 0 Å². The Hall–Kier alpha value is -0.750. The van der Waals surface area contributed by atoms with Crippen molar-refractivity contribution in [3.63, 3.8) is 0 Å². The van der Waals surface area contributed by atoms with E-state index < -0.39 is 22.5 Å². The maximum Gasteiger partial charge on any atom is 0.416 e. The molecule has 0 heterocycles. The standard InChI is InChI=1S/C11H9BrClF3O2/c1-18-10(17)9(12)4-6-2-7(11(14,15)16)5-8(13)3-6/h2-3,5,9H,4H2,1H3. The van der Waals surface area contributed by atoms with Gasteiger partial charge in [-0.25, -0.2) is 0 Å². The van der Waals surface area contributed by atoms with Crippen molar-refractivity contribution >= 4 is 33.5 Å². The highest BCUT2D eigenvalue weighted by Gasteiger charge is 2.31. The van der Waals surface area contributed by atoms with Gasteiger partial charge in [0.05, 0.1) is 12.7 Å². The van der Waals surface area contributed by atoms with Crippen LogP contribution in [0.1, 0.15) is 11.1 Å². The summed E-state index contributed by atoms with van der Waals surface area (Å²) in [6.07, 6.45) is -4.40. The van der Waals surface area contributed by atoms with Crippen LogP contribution in [0, 0.1) is 0 Å². The molecule has 1 aromatic rings. The van der Waals surface area contributed by atoms with Crippen molar-refractivity contribution in [3.05, 3.63) is 34.3 Å². The van der Waals surface area contributed by atoms with Gasteiger partial charge in [-0.3, -0.25) is 4.79 Å². The zero-order valence-corrected chi connectivity index (χ0v) is 11.6. The van der Waals surface area contributed by atoms with Gasteiger partial charge in [0.25, 0.3) is 0 Å². The second-order valence-electron chi connectivity index (χ2n) is 3.54. The Bertz CT molecular complexity index is 448. The normalized spacial score (nSPS) is 13.2. The average molecular weight is 346 g/mol. The quantitative estimate of drug-likeness (QED) is 0.615. The number of rotatable bonds is 3. The maximum absolute atomic E-state index is 12.5. The van der Waals surface area contributed by atoms with E-state index in [0.717, 1.165) is 12.1 Å². The second-order valence-corrected chi connectivity index (χ2v) is 5.08. The van der Waals surface area contributed by atoms with Crippen molar-refractivity contribution in [1.82, 2.24) is 0 Å². The highest BCUT2D eigenvalue weighted by atomic mass is 79.9. The lowest BCUT2D eigenvalue weighted by Gasteiger charge is -2.11. The molecule has 0 radical (unpaired) electrons. The Balaban J connectivity index is 2.97. The molecule has 7 heteroatoms. The number of benzene rings is 1. The smallest absolute Gasteiger partial charge is 0.416 e. The Morgan fingerprint density at radius 1 is 1.44 bits per heavy atom. The summed E-state index contributed by atoms with van der Waals surface area (Å²) < 4.78 is 42.1. The Morgan fingerprint density at radius 3 is 2.56 bits per heavy atom. The van der Waals surface area contributed by atoms with E-state index in [4.69, 9.17) is 11.6 Å². The summed E-state index contributed by atoms with van der Waals surface area (Å²) >= 11 is 8.66. The van der Waals surface area contributed by atoms with Gasteiger partial charge in [0.15, 0.2) is 0 Å². The van der Waals surface area contributed by atoms with E-state index in [1.54, 1.807) is 0 Å². The van der Waals surface area contributed by atoms with Crippen LogP contribution >= 0.6 is 27.5 Å². The average Bonchev–Trinajstić information content (AvgIpc) is 2.25. The van der Waals surface area contributed by atoms with Gasteiger partial charge in [-0.2, -0.15) is 13.2 Å². The van der Waals surface area contributed by atoms with Gasteiger partial charge in [0.2, 0.25) is 0 Å². The van der Waals surface area contributed by atoms with Gasteiger partial charge in [-0.05, 0) is 30.2 Å². The molecule has 100 valence electrons. The van der Waals surface area contributed by atoms with Gasteiger partial charge in [-0.1, -0.05) is 27.5 Å². The second kappa shape index (κ2) is 5.93. The molecular weight excluding hydrogens is 336 g/mol. The number of carbonyl (C=O) groups is 1. The van der Waals surface area contributed by atoms with Crippen LogP contribution in [0.15, 0.2) is 18.2 Å². The Labute approximate surface area is 115 Å². The van der Waals surface area contributed by atoms with Crippen molar-refractivity contribution in [1.29, 1.82) is 0 Å². The molecule has 0 amide bonds. The highest BCUT2D eigenvalue weighted by Crippen LogP contribution is 2.32. The minimum Gasteiger partial charge on any atom is -0.468 e. The number of carbonyl (C=O) groups excluding carboxylic acids is 1. The van der Waals surface area contributed by atoms with Crippen LogP contribution < -0.4 is 0 Å². The zero-order chi connectivity index (χ0) is 13.9. The number of halogens is 5. The monoisotopic (exact) mass is 344 g/mol. The van der Waals surface area contributed by atoms with Crippen molar-refractivity contribution < 1.29 is 22.7 Å². The molecule has 0 bridgehead atoms. The van der Waals surface area contributed by atoms with Gasteiger partial charge in [0, 0.05) is 5.02 Å². The minimum atomic E-state index is -4.47. The first-order chi connectivity index (χ1) is 8.24. The molecule has 0 saturated carbocycles. The maximum atomic E-state index is 12.5. The van der Waals surface area contributed by atoms with E-state index in [-0.39, 0.29) is 11.4 Å². The summed E-state index contributed by atoms with van der Waals surface area (Å²) in [6.45, 7) is 0. The van der Waals surface area contributed by atoms with Crippen molar-refractivity contribution in [2.75, 3.05) is 7.11 Å². The summed E-state index contributed by atoms with van der Waals surface area (Å²) in [5.74, 6) is -0.552. The van der Waals surface area contributed by atoms with Crippen LogP contribution in [0.5, 0.6) is 0 Å². The lowest BCUT2D eigenvalue weighted by molar-refractivity contribution is -0.139. The molecule has 0 N–H and O–H groups in total. The summed E-state index contributed by atoms with van der Waals surface area (Å²) in [5.41, 5.74) is -0.531. The third-order valence-electron chi connectivity index (χ3n) is 2.16. The predicted molar refractivity (Wildman–Crippen MR) is 64.9 cm³/mol. The first-order valence-electron chi connectivity index (χ1n) is 4.82. The molecule has 18 heavy (non-hydrogen) atoms. The lowest BCUT2D eigenvalue weighted by atomic mass is 10.1. The zero-order valence-electron chi connectivity index (χ0n) is 9.22. The molecule has 1 unspecified atom stereocenters. The fraction of sp³-hybridized carbons (Fsp3) is 0.364. The van der Waals surface area contributed by atoms with Crippen LogP contribution in [0.3, 0.4) is 0 Å². The first-order valence-corrected chi connectivity index (χ1v) is 6.12. The molecule has 0 saturated heterocycles. The van der Waals surface area contributed by atoms with Gasteiger partial charge in [0.1, 0.15) is 4.83 Å². The molecule has 0 aromatic heterocycles. The number of ether oxygens (including phenoxy) is 1. The molecule has 0 aliphatic heterocycles. The fourth-order valence-electron chi connectivity index (χ4n) is 1.35.